The van der Waals surface area contributed by atoms with Crippen molar-refractivity contribution in [1.82, 2.24) is 20.0 Å². The quantitative estimate of drug-likeness (QED) is 0.819. The maximum absolute atomic E-state index is 4.37. The summed E-state index contributed by atoms with van der Waals surface area (Å²) in [6, 6.07) is 0.827. The van der Waals surface area contributed by atoms with Crippen LogP contribution in [-0.4, -0.2) is 41.4 Å². The summed E-state index contributed by atoms with van der Waals surface area (Å²) in [4.78, 5) is 2.19. The molecule has 4 heteroatoms. The molecule has 0 aliphatic rings. The van der Waals surface area contributed by atoms with Gasteiger partial charge in [-0.1, -0.05) is 0 Å². The van der Waals surface area contributed by atoms with Crippen molar-refractivity contribution in [2.45, 2.75) is 32.9 Å². The molecular weight excluding hydrogens is 200 g/mol. The largest absolute Gasteiger partial charge is 0.308 e. The number of nitrogens with one attached hydrogen (secondary N) is 1. The van der Waals surface area contributed by atoms with Crippen LogP contribution in [0.3, 0.4) is 0 Å². The highest BCUT2D eigenvalue weighted by Crippen LogP contribution is 2.15. The molecule has 0 saturated heterocycles. The molecule has 1 heterocycles. The second kappa shape index (κ2) is 5.46. The molecule has 0 aliphatic heterocycles. The second-order valence-electron chi connectivity index (χ2n) is 4.90. The number of hydrogen-bond acceptors (Lipinski definition) is 3. The molecule has 92 valence electrons. The van der Waals surface area contributed by atoms with Gasteiger partial charge in [-0.25, -0.2) is 0 Å². The predicted molar refractivity (Wildman–Crippen MR) is 67.5 cm³/mol. The summed E-state index contributed by atoms with van der Waals surface area (Å²) in [6.45, 7) is 7.51. The summed E-state index contributed by atoms with van der Waals surface area (Å²) in [7, 11) is 6.16. The molecule has 0 aromatic carbocycles. The van der Waals surface area contributed by atoms with Gasteiger partial charge < -0.3 is 10.2 Å². The van der Waals surface area contributed by atoms with Crippen molar-refractivity contribution in [1.29, 1.82) is 0 Å². The molecule has 0 aliphatic carbocycles. The molecule has 1 aromatic heterocycles. The van der Waals surface area contributed by atoms with Crippen molar-refractivity contribution in [3.63, 3.8) is 0 Å². The van der Waals surface area contributed by atoms with Crippen molar-refractivity contribution >= 4 is 0 Å². The van der Waals surface area contributed by atoms with Crippen molar-refractivity contribution in [2.75, 3.05) is 20.6 Å². The molecule has 1 rings (SSSR count). The third-order valence-electron chi connectivity index (χ3n) is 2.69. The van der Waals surface area contributed by atoms with Crippen molar-refractivity contribution in [2.24, 2.45) is 7.05 Å². The Hall–Kier alpha value is -0.870. The van der Waals surface area contributed by atoms with Crippen LogP contribution >= 0.6 is 0 Å². The third-order valence-corrected chi connectivity index (χ3v) is 2.69. The van der Waals surface area contributed by atoms with E-state index in [9.17, 15) is 0 Å². The first kappa shape index (κ1) is 13.2. The summed E-state index contributed by atoms with van der Waals surface area (Å²) in [6.07, 6.45) is 2.09. The lowest BCUT2D eigenvalue weighted by Gasteiger charge is -2.22. The van der Waals surface area contributed by atoms with Gasteiger partial charge in [-0.05, 0) is 34.9 Å². The molecule has 16 heavy (non-hydrogen) atoms. The molecule has 1 N–H and O–H groups in total. The van der Waals surface area contributed by atoms with E-state index >= 15 is 0 Å². The molecule has 2 unspecified atom stereocenters. The van der Waals surface area contributed by atoms with Crippen LogP contribution in [0.1, 0.15) is 31.1 Å². The fraction of sp³-hybridized carbons (Fsp3) is 0.750. The van der Waals surface area contributed by atoms with Crippen LogP contribution in [0.2, 0.25) is 0 Å². The third kappa shape index (κ3) is 3.61. The fourth-order valence-electron chi connectivity index (χ4n) is 2.16. The zero-order chi connectivity index (χ0) is 12.3. The monoisotopic (exact) mass is 224 g/mol. The SMILES string of the molecule is Cc1nn(C)cc1C(C)NC(C)CN(C)C. The Morgan fingerprint density at radius 3 is 2.50 bits per heavy atom. The van der Waals surface area contributed by atoms with Gasteiger partial charge in [-0.15, -0.1) is 0 Å². The molecule has 0 spiro atoms. The lowest BCUT2D eigenvalue weighted by atomic mass is 10.1. The van der Waals surface area contributed by atoms with Crippen LogP contribution in [0.4, 0.5) is 0 Å². The van der Waals surface area contributed by atoms with Gasteiger partial charge in [-0.3, -0.25) is 4.68 Å². The molecule has 2 atom stereocenters. The molecule has 1 aromatic rings. The Labute approximate surface area is 98.6 Å². The van der Waals surface area contributed by atoms with Crippen LogP contribution in [0.5, 0.6) is 0 Å². The second-order valence-corrected chi connectivity index (χ2v) is 4.90. The highest BCUT2D eigenvalue weighted by atomic mass is 15.3. The zero-order valence-electron chi connectivity index (χ0n) is 11.3. The van der Waals surface area contributed by atoms with E-state index in [4.69, 9.17) is 0 Å². The standard InChI is InChI=1S/C12H24N4/c1-9(7-15(4)5)13-10(2)12-8-16(6)14-11(12)3/h8-10,13H,7H2,1-6H3. The van der Waals surface area contributed by atoms with Gasteiger partial charge >= 0.3 is 0 Å². The number of likely N-dealkylation sites (N-methyl/N-ethyl adjacent to an activating group) is 1. The normalized spacial score (nSPS) is 15.4. The average Bonchev–Trinajstić information content (AvgIpc) is 2.43. The van der Waals surface area contributed by atoms with E-state index in [0.29, 0.717) is 12.1 Å². The number of hydrogen-bond donors (Lipinski definition) is 1. The summed E-state index contributed by atoms with van der Waals surface area (Å²) < 4.78 is 1.87. The molecule has 4 nitrogen and oxygen atoms in total. The number of nitrogens with zero attached hydrogens (tertiary/aromatic N) is 3. The average molecular weight is 224 g/mol. The van der Waals surface area contributed by atoms with Gasteiger partial charge in [0.2, 0.25) is 0 Å². The molecule has 0 radical (unpaired) electrons. The van der Waals surface area contributed by atoms with E-state index in [1.165, 1.54) is 5.56 Å². The Morgan fingerprint density at radius 1 is 1.44 bits per heavy atom. The number of rotatable bonds is 5. The van der Waals surface area contributed by atoms with Gasteiger partial charge in [0.15, 0.2) is 0 Å². The van der Waals surface area contributed by atoms with Crippen LogP contribution in [0.15, 0.2) is 6.20 Å². The van der Waals surface area contributed by atoms with E-state index in [1.54, 1.807) is 0 Å². The smallest absolute Gasteiger partial charge is 0.0641 e. The fourth-order valence-corrected chi connectivity index (χ4v) is 2.16. The van der Waals surface area contributed by atoms with E-state index in [2.05, 4.69) is 56.4 Å². The van der Waals surface area contributed by atoms with Crippen LogP contribution in [0.25, 0.3) is 0 Å². The van der Waals surface area contributed by atoms with Crippen LogP contribution in [-0.2, 0) is 7.05 Å². The molecule has 0 saturated carbocycles. The molecule has 0 bridgehead atoms. The van der Waals surface area contributed by atoms with Gasteiger partial charge in [-0.2, -0.15) is 5.10 Å². The Kier molecular flexibility index (Phi) is 4.50. The maximum Gasteiger partial charge on any atom is 0.0641 e. The lowest BCUT2D eigenvalue weighted by Crippen LogP contribution is -2.37. The van der Waals surface area contributed by atoms with E-state index in [0.717, 1.165) is 12.2 Å². The van der Waals surface area contributed by atoms with Crippen molar-refractivity contribution < 1.29 is 0 Å². The zero-order valence-corrected chi connectivity index (χ0v) is 11.3. The highest BCUT2D eigenvalue weighted by molar-refractivity contribution is 5.19. The molecule has 0 amide bonds. The Bertz CT molecular complexity index is 330. The number of aromatic nitrogens is 2. The van der Waals surface area contributed by atoms with Crippen molar-refractivity contribution in [3.05, 3.63) is 17.5 Å². The van der Waals surface area contributed by atoms with Gasteiger partial charge in [0, 0.05) is 37.4 Å². The van der Waals surface area contributed by atoms with Crippen molar-refractivity contribution in [3.8, 4) is 0 Å². The number of aryl methyl sites for hydroxylation is 2. The van der Waals surface area contributed by atoms with E-state index in [1.807, 2.05) is 11.7 Å². The van der Waals surface area contributed by atoms with Gasteiger partial charge in [0.05, 0.1) is 5.69 Å². The van der Waals surface area contributed by atoms with Gasteiger partial charge in [0.1, 0.15) is 0 Å². The Morgan fingerprint density at radius 2 is 2.06 bits per heavy atom. The van der Waals surface area contributed by atoms with Gasteiger partial charge in [0.25, 0.3) is 0 Å². The predicted octanol–water partition coefficient (Wildman–Crippen LogP) is 1.33. The first-order chi connectivity index (χ1) is 7.40. The topological polar surface area (TPSA) is 33.1 Å². The summed E-state index contributed by atoms with van der Waals surface area (Å²) in [5.74, 6) is 0. The summed E-state index contributed by atoms with van der Waals surface area (Å²) >= 11 is 0. The lowest BCUT2D eigenvalue weighted by molar-refractivity contribution is 0.334. The maximum atomic E-state index is 4.37. The van der Waals surface area contributed by atoms with E-state index in [-0.39, 0.29) is 0 Å². The molecule has 0 fully saturated rings. The van der Waals surface area contributed by atoms with Crippen LogP contribution < -0.4 is 5.32 Å². The summed E-state index contributed by atoms with van der Waals surface area (Å²) in [5.41, 5.74) is 2.40. The minimum absolute atomic E-state index is 0.351. The minimum atomic E-state index is 0.351. The van der Waals surface area contributed by atoms with E-state index < -0.39 is 0 Å². The molecular formula is C12H24N4. The summed E-state index contributed by atoms with van der Waals surface area (Å²) in [5, 5.41) is 7.95. The first-order valence-electron chi connectivity index (χ1n) is 5.81. The minimum Gasteiger partial charge on any atom is -0.308 e. The highest BCUT2D eigenvalue weighted by Gasteiger charge is 2.14. The van der Waals surface area contributed by atoms with Crippen LogP contribution in [0, 0.1) is 6.92 Å². The Balaban J connectivity index is 2.58. The first-order valence-corrected chi connectivity index (χ1v) is 5.81.